The molecule has 0 aliphatic heterocycles. The third-order valence-electron chi connectivity index (χ3n) is 4.72. The Labute approximate surface area is 147 Å². The van der Waals surface area contributed by atoms with Gasteiger partial charge in [-0.05, 0) is 43.9 Å². The van der Waals surface area contributed by atoms with Crippen molar-refractivity contribution in [2.75, 3.05) is 11.9 Å². The van der Waals surface area contributed by atoms with Crippen molar-refractivity contribution in [3.8, 4) is 0 Å². The number of benzene rings is 1. The first-order valence-electron chi connectivity index (χ1n) is 9.10. The highest BCUT2D eigenvalue weighted by atomic mass is 16.2. The standard InChI is InChI=1S/C19H25N3O3/c23-17(21-15-9-10-15)12-20-18(24)14-7-4-8-16(11-14)22-19(25)13-5-2-1-3-6-13/h4,7-8,11,13,15H,1-3,5-6,9-10,12H2,(H,20,24)(H,21,23)(H,22,25). The van der Waals surface area contributed by atoms with Crippen LogP contribution < -0.4 is 16.0 Å². The van der Waals surface area contributed by atoms with Gasteiger partial charge in [-0.2, -0.15) is 0 Å². The van der Waals surface area contributed by atoms with Gasteiger partial charge in [-0.3, -0.25) is 14.4 Å². The minimum atomic E-state index is -0.320. The van der Waals surface area contributed by atoms with Gasteiger partial charge in [0.05, 0.1) is 6.54 Å². The van der Waals surface area contributed by atoms with E-state index in [4.69, 9.17) is 0 Å². The average Bonchev–Trinajstić information content (AvgIpc) is 3.44. The SMILES string of the molecule is O=C(CNC(=O)c1cccc(NC(=O)C2CCCCC2)c1)NC1CC1. The fourth-order valence-corrected chi connectivity index (χ4v) is 3.12. The van der Waals surface area contributed by atoms with Gasteiger partial charge in [-0.25, -0.2) is 0 Å². The molecule has 0 spiro atoms. The summed E-state index contributed by atoms with van der Waals surface area (Å²) in [5.74, 6) is -0.393. The van der Waals surface area contributed by atoms with E-state index in [0.29, 0.717) is 11.3 Å². The number of carbonyl (C=O) groups excluding carboxylic acids is 3. The van der Waals surface area contributed by atoms with E-state index in [0.717, 1.165) is 38.5 Å². The van der Waals surface area contributed by atoms with E-state index in [-0.39, 0.29) is 36.2 Å². The maximum Gasteiger partial charge on any atom is 0.251 e. The van der Waals surface area contributed by atoms with Gasteiger partial charge in [0.15, 0.2) is 0 Å². The maximum absolute atomic E-state index is 12.3. The first-order valence-corrected chi connectivity index (χ1v) is 9.10. The fraction of sp³-hybridized carbons (Fsp3) is 0.526. The van der Waals surface area contributed by atoms with Crippen molar-refractivity contribution in [2.45, 2.75) is 51.0 Å². The van der Waals surface area contributed by atoms with Crippen LogP contribution >= 0.6 is 0 Å². The number of amides is 3. The van der Waals surface area contributed by atoms with Crippen LogP contribution in [-0.4, -0.2) is 30.3 Å². The summed E-state index contributed by atoms with van der Waals surface area (Å²) < 4.78 is 0. The fourth-order valence-electron chi connectivity index (χ4n) is 3.12. The second-order valence-corrected chi connectivity index (χ2v) is 6.93. The predicted molar refractivity (Wildman–Crippen MR) is 95.1 cm³/mol. The summed E-state index contributed by atoms with van der Waals surface area (Å²) in [6.07, 6.45) is 7.30. The highest BCUT2D eigenvalue weighted by molar-refractivity contribution is 5.99. The van der Waals surface area contributed by atoms with Crippen LogP contribution in [-0.2, 0) is 9.59 Å². The Hall–Kier alpha value is -2.37. The van der Waals surface area contributed by atoms with Crippen LogP contribution in [0.2, 0.25) is 0 Å². The maximum atomic E-state index is 12.3. The Morgan fingerprint density at radius 1 is 1.00 bits per heavy atom. The van der Waals surface area contributed by atoms with Crippen molar-refractivity contribution in [2.24, 2.45) is 5.92 Å². The summed E-state index contributed by atoms with van der Waals surface area (Å²) in [7, 11) is 0. The third-order valence-corrected chi connectivity index (χ3v) is 4.72. The van der Waals surface area contributed by atoms with E-state index in [2.05, 4.69) is 16.0 Å². The Kier molecular flexibility index (Phi) is 5.68. The second-order valence-electron chi connectivity index (χ2n) is 6.93. The van der Waals surface area contributed by atoms with E-state index in [1.165, 1.54) is 6.42 Å². The molecule has 134 valence electrons. The van der Waals surface area contributed by atoms with E-state index in [9.17, 15) is 14.4 Å². The van der Waals surface area contributed by atoms with Crippen LogP contribution in [0.1, 0.15) is 55.3 Å². The van der Waals surface area contributed by atoms with E-state index in [1.807, 2.05) is 0 Å². The molecule has 2 aliphatic rings. The molecule has 0 saturated heterocycles. The first kappa shape index (κ1) is 17.5. The molecule has 2 fully saturated rings. The molecule has 1 aromatic carbocycles. The molecule has 1 aromatic rings. The summed E-state index contributed by atoms with van der Waals surface area (Å²) in [6, 6.07) is 7.11. The zero-order valence-electron chi connectivity index (χ0n) is 14.3. The largest absolute Gasteiger partial charge is 0.352 e. The van der Waals surface area contributed by atoms with Crippen molar-refractivity contribution in [3.63, 3.8) is 0 Å². The predicted octanol–water partition coefficient (Wildman–Crippen LogP) is 2.21. The zero-order valence-corrected chi connectivity index (χ0v) is 14.3. The lowest BCUT2D eigenvalue weighted by atomic mass is 9.88. The van der Waals surface area contributed by atoms with Crippen molar-refractivity contribution in [3.05, 3.63) is 29.8 Å². The highest BCUT2D eigenvalue weighted by Gasteiger charge is 2.23. The molecule has 6 nitrogen and oxygen atoms in total. The number of hydrogen-bond acceptors (Lipinski definition) is 3. The topological polar surface area (TPSA) is 87.3 Å². The molecule has 3 N–H and O–H groups in total. The van der Waals surface area contributed by atoms with Gasteiger partial charge in [0.1, 0.15) is 0 Å². The van der Waals surface area contributed by atoms with Crippen LogP contribution in [0, 0.1) is 5.92 Å². The summed E-state index contributed by atoms with van der Waals surface area (Å²) in [5.41, 5.74) is 1.05. The smallest absolute Gasteiger partial charge is 0.251 e. The summed E-state index contributed by atoms with van der Waals surface area (Å²) >= 11 is 0. The van der Waals surface area contributed by atoms with Crippen molar-refractivity contribution < 1.29 is 14.4 Å². The molecule has 0 radical (unpaired) electrons. The van der Waals surface area contributed by atoms with Gasteiger partial charge in [-0.15, -0.1) is 0 Å². The first-order chi connectivity index (χ1) is 12.1. The quantitative estimate of drug-likeness (QED) is 0.740. The van der Waals surface area contributed by atoms with Crippen LogP contribution in [0.15, 0.2) is 24.3 Å². The second kappa shape index (κ2) is 8.14. The number of rotatable bonds is 6. The molecule has 25 heavy (non-hydrogen) atoms. The minimum absolute atomic E-state index is 0.0288. The molecule has 0 atom stereocenters. The van der Waals surface area contributed by atoms with Crippen LogP contribution in [0.25, 0.3) is 0 Å². The van der Waals surface area contributed by atoms with Crippen LogP contribution in [0.3, 0.4) is 0 Å². The lowest BCUT2D eigenvalue weighted by Gasteiger charge is -2.20. The molecule has 2 aliphatic carbocycles. The molecule has 0 unspecified atom stereocenters. The van der Waals surface area contributed by atoms with Crippen LogP contribution in [0.5, 0.6) is 0 Å². The molecule has 6 heteroatoms. The van der Waals surface area contributed by atoms with Gasteiger partial charge in [-0.1, -0.05) is 25.3 Å². The Balaban J connectivity index is 1.51. The number of nitrogens with one attached hydrogen (secondary N) is 3. The monoisotopic (exact) mass is 343 g/mol. The zero-order chi connectivity index (χ0) is 17.6. The van der Waals surface area contributed by atoms with Gasteiger partial charge in [0.25, 0.3) is 5.91 Å². The third kappa shape index (κ3) is 5.31. The molecule has 3 rings (SSSR count). The number of anilines is 1. The summed E-state index contributed by atoms with van der Waals surface area (Å²) in [4.78, 5) is 36.1. The molecule has 0 heterocycles. The minimum Gasteiger partial charge on any atom is -0.352 e. The molecular formula is C19H25N3O3. The van der Waals surface area contributed by atoms with E-state index in [1.54, 1.807) is 24.3 Å². The molecule has 0 bridgehead atoms. The van der Waals surface area contributed by atoms with Gasteiger partial charge < -0.3 is 16.0 Å². The molecule has 3 amide bonds. The van der Waals surface area contributed by atoms with Crippen LogP contribution in [0.4, 0.5) is 5.69 Å². The number of hydrogen-bond donors (Lipinski definition) is 3. The Bertz CT molecular complexity index is 649. The normalized spacial score (nSPS) is 17.6. The van der Waals surface area contributed by atoms with E-state index >= 15 is 0 Å². The summed E-state index contributed by atoms with van der Waals surface area (Å²) in [6.45, 7) is -0.0337. The molecular weight excluding hydrogens is 318 g/mol. The van der Waals surface area contributed by atoms with Gasteiger partial charge in [0.2, 0.25) is 11.8 Å². The molecule has 2 saturated carbocycles. The number of carbonyl (C=O) groups is 3. The lowest BCUT2D eigenvalue weighted by Crippen LogP contribution is -2.37. The van der Waals surface area contributed by atoms with E-state index < -0.39 is 0 Å². The Morgan fingerprint density at radius 3 is 2.48 bits per heavy atom. The lowest BCUT2D eigenvalue weighted by molar-refractivity contribution is -0.121. The van der Waals surface area contributed by atoms with Crippen molar-refractivity contribution in [1.82, 2.24) is 10.6 Å². The molecule has 0 aromatic heterocycles. The van der Waals surface area contributed by atoms with Gasteiger partial charge in [0, 0.05) is 23.2 Å². The van der Waals surface area contributed by atoms with Crippen molar-refractivity contribution >= 4 is 23.4 Å². The highest BCUT2D eigenvalue weighted by Crippen LogP contribution is 2.25. The summed E-state index contributed by atoms with van der Waals surface area (Å²) in [5, 5.41) is 8.34. The van der Waals surface area contributed by atoms with Gasteiger partial charge >= 0.3 is 0 Å². The average molecular weight is 343 g/mol. The van der Waals surface area contributed by atoms with Crippen molar-refractivity contribution in [1.29, 1.82) is 0 Å². The Morgan fingerprint density at radius 2 is 1.76 bits per heavy atom.